The normalized spacial score (nSPS) is 19.8. The topological polar surface area (TPSA) is 24.5 Å². The molecule has 1 aliphatic carbocycles. The molecular weight excluding hydrogens is 274 g/mol. The Balaban J connectivity index is 1.74. The minimum atomic E-state index is -0.475. The Hall–Kier alpha value is -1.20. The van der Waals surface area contributed by atoms with Crippen LogP contribution >= 0.6 is 0 Å². The molecular formula is C16H22F2N2O. The molecule has 1 N–H and O–H groups in total. The molecule has 2 aliphatic rings. The van der Waals surface area contributed by atoms with E-state index < -0.39 is 11.6 Å². The van der Waals surface area contributed by atoms with E-state index in [1.165, 1.54) is 12.1 Å². The molecule has 1 saturated heterocycles. The van der Waals surface area contributed by atoms with Crippen LogP contribution in [0, 0.1) is 11.6 Å². The zero-order valence-corrected chi connectivity index (χ0v) is 12.4. The summed E-state index contributed by atoms with van der Waals surface area (Å²) in [5, 5.41) is 3.28. The number of rotatable bonds is 5. The van der Waals surface area contributed by atoms with E-state index in [-0.39, 0.29) is 11.7 Å². The Morgan fingerprint density at radius 3 is 2.33 bits per heavy atom. The van der Waals surface area contributed by atoms with Gasteiger partial charge in [-0.1, -0.05) is 0 Å². The van der Waals surface area contributed by atoms with Crippen molar-refractivity contribution in [3.05, 3.63) is 29.3 Å². The largest absolute Gasteiger partial charge is 0.381 e. The van der Waals surface area contributed by atoms with Gasteiger partial charge in [0.25, 0.3) is 0 Å². The monoisotopic (exact) mass is 296 g/mol. The van der Waals surface area contributed by atoms with Crippen LogP contribution in [0.25, 0.3) is 0 Å². The molecule has 1 aromatic carbocycles. The molecule has 116 valence electrons. The number of nitrogens with one attached hydrogen (secondary N) is 1. The lowest BCUT2D eigenvalue weighted by Crippen LogP contribution is -2.37. The number of halogens is 2. The average Bonchev–Trinajstić information content (AvgIpc) is 3.29. The first-order valence-electron chi connectivity index (χ1n) is 7.67. The van der Waals surface area contributed by atoms with E-state index in [9.17, 15) is 8.78 Å². The van der Waals surface area contributed by atoms with Crippen LogP contribution in [-0.4, -0.2) is 32.3 Å². The molecule has 3 nitrogen and oxygen atoms in total. The molecule has 0 spiro atoms. The SMILES string of the molecule is CN(c1c(F)cc(CNC2CC2)cc1F)C1CCOCC1. The van der Waals surface area contributed by atoms with Gasteiger partial charge in [0.15, 0.2) is 0 Å². The van der Waals surface area contributed by atoms with Gasteiger partial charge in [0.1, 0.15) is 17.3 Å². The highest BCUT2D eigenvalue weighted by Gasteiger charge is 2.25. The van der Waals surface area contributed by atoms with Gasteiger partial charge in [-0.25, -0.2) is 8.78 Å². The van der Waals surface area contributed by atoms with Gasteiger partial charge in [0.2, 0.25) is 0 Å². The minimum Gasteiger partial charge on any atom is -0.381 e. The second kappa shape index (κ2) is 6.28. The summed E-state index contributed by atoms with van der Waals surface area (Å²) in [5.74, 6) is -0.951. The van der Waals surface area contributed by atoms with Crippen molar-refractivity contribution in [2.24, 2.45) is 0 Å². The van der Waals surface area contributed by atoms with Gasteiger partial charge < -0.3 is 15.0 Å². The number of nitrogens with zero attached hydrogens (tertiary/aromatic N) is 1. The molecule has 1 aliphatic heterocycles. The van der Waals surface area contributed by atoms with Gasteiger partial charge >= 0.3 is 0 Å². The third kappa shape index (κ3) is 3.52. The Morgan fingerprint density at radius 2 is 1.76 bits per heavy atom. The first-order chi connectivity index (χ1) is 10.1. The second-order valence-corrected chi connectivity index (χ2v) is 6.02. The first kappa shape index (κ1) is 14.7. The fourth-order valence-electron chi connectivity index (χ4n) is 2.86. The first-order valence-corrected chi connectivity index (χ1v) is 7.67. The van der Waals surface area contributed by atoms with Crippen LogP contribution in [-0.2, 0) is 11.3 Å². The highest BCUT2D eigenvalue weighted by molar-refractivity contribution is 5.51. The molecule has 0 radical (unpaired) electrons. The lowest BCUT2D eigenvalue weighted by Gasteiger charge is -2.33. The number of ether oxygens (including phenoxy) is 1. The summed E-state index contributed by atoms with van der Waals surface area (Å²) in [5.41, 5.74) is 0.748. The minimum absolute atomic E-state index is 0.0806. The lowest BCUT2D eigenvalue weighted by atomic mass is 10.1. The average molecular weight is 296 g/mol. The lowest BCUT2D eigenvalue weighted by molar-refractivity contribution is 0.0852. The molecule has 1 saturated carbocycles. The molecule has 0 atom stereocenters. The molecule has 2 fully saturated rings. The molecule has 1 heterocycles. The van der Waals surface area contributed by atoms with Crippen LogP contribution in [0.15, 0.2) is 12.1 Å². The summed E-state index contributed by atoms with van der Waals surface area (Å²) in [4.78, 5) is 1.73. The van der Waals surface area contributed by atoms with Crippen molar-refractivity contribution in [3.63, 3.8) is 0 Å². The highest BCUT2D eigenvalue weighted by atomic mass is 19.1. The van der Waals surface area contributed by atoms with Gasteiger partial charge in [-0.15, -0.1) is 0 Å². The van der Waals surface area contributed by atoms with E-state index in [2.05, 4.69) is 5.32 Å². The maximum atomic E-state index is 14.3. The van der Waals surface area contributed by atoms with Crippen LogP contribution in [0.2, 0.25) is 0 Å². The summed E-state index contributed by atoms with van der Waals surface area (Å²) in [6.45, 7) is 1.84. The van der Waals surface area contributed by atoms with E-state index >= 15 is 0 Å². The zero-order chi connectivity index (χ0) is 14.8. The van der Waals surface area contributed by atoms with E-state index in [1.807, 2.05) is 0 Å². The molecule has 21 heavy (non-hydrogen) atoms. The zero-order valence-electron chi connectivity index (χ0n) is 12.4. The van der Waals surface area contributed by atoms with Crippen LogP contribution in [0.3, 0.4) is 0 Å². The van der Waals surface area contributed by atoms with Crippen molar-refractivity contribution >= 4 is 5.69 Å². The van der Waals surface area contributed by atoms with Crippen molar-refractivity contribution in [2.75, 3.05) is 25.2 Å². The van der Waals surface area contributed by atoms with Gasteiger partial charge in [-0.3, -0.25) is 0 Å². The predicted molar refractivity (Wildman–Crippen MR) is 78.5 cm³/mol. The summed E-state index contributed by atoms with van der Waals surface area (Å²) in [7, 11) is 1.76. The van der Waals surface area contributed by atoms with E-state index in [1.54, 1.807) is 11.9 Å². The van der Waals surface area contributed by atoms with E-state index in [0.29, 0.717) is 31.4 Å². The van der Waals surface area contributed by atoms with Crippen molar-refractivity contribution in [1.82, 2.24) is 5.32 Å². The van der Waals surface area contributed by atoms with E-state index in [4.69, 9.17) is 4.74 Å². The fourth-order valence-corrected chi connectivity index (χ4v) is 2.86. The number of anilines is 1. The Kier molecular flexibility index (Phi) is 4.40. The van der Waals surface area contributed by atoms with Gasteiger partial charge in [0, 0.05) is 38.9 Å². The van der Waals surface area contributed by atoms with Crippen LogP contribution in [0.1, 0.15) is 31.2 Å². The molecule has 3 rings (SSSR count). The molecule has 0 aromatic heterocycles. The van der Waals surface area contributed by atoms with Gasteiger partial charge in [-0.05, 0) is 43.4 Å². The predicted octanol–water partition coefficient (Wildman–Crippen LogP) is 2.83. The third-order valence-electron chi connectivity index (χ3n) is 4.34. The van der Waals surface area contributed by atoms with E-state index in [0.717, 1.165) is 25.7 Å². The maximum absolute atomic E-state index is 14.3. The number of benzene rings is 1. The van der Waals surface area contributed by atoms with Crippen molar-refractivity contribution in [3.8, 4) is 0 Å². The Labute approximate surface area is 124 Å². The number of hydrogen-bond donors (Lipinski definition) is 1. The summed E-state index contributed by atoms with van der Waals surface area (Å²) in [6, 6.07) is 3.56. The van der Waals surface area contributed by atoms with Crippen molar-refractivity contribution in [2.45, 2.75) is 44.3 Å². The molecule has 1 aromatic rings. The molecule has 5 heteroatoms. The number of hydrogen-bond acceptors (Lipinski definition) is 3. The van der Waals surface area contributed by atoms with Gasteiger partial charge in [0.05, 0.1) is 0 Å². The summed E-state index contributed by atoms with van der Waals surface area (Å²) >= 11 is 0. The Bertz CT molecular complexity index is 476. The summed E-state index contributed by atoms with van der Waals surface area (Å²) in [6.07, 6.45) is 3.94. The van der Waals surface area contributed by atoms with Crippen molar-refractivity contribution < 1.29 is 13.5 Å². The summed E-state index contributed by atoms with van der Waals surface area (Å²) < 4.78 is 33.9. The van der Waals surface area contributed by atoms with Crippen LogP contribution in [0.4, 0.5) is 14.5 Å². The second-order valence-electron chi connectivity index (χ2n) is 6.02. The standard InChI is InChI=1S/C16H22F2N2O/c1-20(13-4-6-21-7-5-13)16-14(17)8-11(9-15(16)18)10-19-12-2-3-12/h8-9,12-13,19H,2-7,10H2,1H3. The smallest absolute Gasteiger partial charge is 0.149 e. The molecule has 0 amide bonds. The van der Waals surface area contributed by atoms with Crippen molar-refractivity contribution in [1.29, 1.82) is 0 Å². The molecule has 0 bridgehead atoms. The fraction of sp³-hybridized carbons (Fsp3) is 0.625. The van der Waals surface area contributed by atoms with Crippen LogP contribution in [0.5, 0.6) is 0 Å². The highest BCUT2D eigenvalue weighted by Crippen LogP contribution is 2.28. The van der Waals surface area contributed by atoms with Gasteiger partial charge in [-0.2, -0.15) is 0 Å². The van der Waals surface area contributed by atoms with Crippen LogP contribution < -0.4 is 10.2 Å². The Morgan fingerprint density at radius 1 is 1.14 bits per heavy atom. The molecule has 0 unspecified atom stereocenters. The third-order valence-corrected chi connectivity index (χ3v) is 4.34. The maximum Gasteiger partial charge on any atom is 0.149 e. The quantitative estimate of drug-likeness (QED) is 0.904.